The Morgan fingerprint density at radius 3 is 0.805 bits per heavy atom. The van der Waals surface area contributed by atoms with Crippen LogP contribution < -0.4 is 31.8 Å². The van der Waals surface area contributed by atoms with Gasteiger partial charge >= 0.3 is 35.0 Å². The van der Waals surface area contributed by atoms with E-state index in [1.54, 1.807) is 0 Å². The second-order valence-electron chi connectivity index (χ2n) is 9.09. The molecule has 5 heteroatoms. The second-order valence-corrected chi connectivity index (χ2v) is 15.8. The summed E-state index contributed by atoms with van der Waals surface area (Å²) in [5, 5.41) is 8.25. The van der Waals surface area contributed by atoms with Crippen LogP contribution in [0.5, 0.6) is 0 Å². The van der Waals surface area contributed by atoms with E-state index in [4.69, 9.17) is 19.1 Å². The van der Waals surface area contributed by atoms with Gasteiger partial charge in [0.2, 0.25) is 0 Å². The van der Waals surface area contributed by atoms with Gasteiger partial charge in [0.25, 0.3) is 0 Å². The molecule has 6 aromatic rings. The van der Waals surface area contributed by atoms with E-state index < -0.39 is 15.8 Å². The molecule has 0 N–H and O–H groups in total. The molecule has 0 fully saturated rings. The monoisotopic (exact) mass is 698 g/mol. The Labute approximate surface area is 262 Å². The van der Waals surface area contributed by atoms with Gasteiger partial charge in [0.1, 0.15) is 0 Å². The largest absolute Gasteiger partial charge is 0.0622 e. The van der Waals surface area contributed by atoms with Gasteiger partial charge in [-0.05, 0) is 58.8 Å². The van der Waals surface area contributed by atoms with E-state index >= 15 is 0 Å². The molecule has 0 aliphatic rings. The minimum Gasteiger partial charge on any atom is -0.0622 e. The molecule has 0 amide bonds. The van der Waals surface area contributed by atoms with E-state index in [2.05, 4.69) is 170 Å². The predicted molar refractivity (Wildman–Crippen MR) is 181 cm³/mol. The quantitative estimate of drug-likeness (QED) is 0.116. The molecule has 6 rings (SSSR count). The molecule has 0 heterocycles. The van der Waals surface area contributed by atoms with Gasteiger partial charge in [0.05, 0.1) is 0 Å². The van der Waals surface area contributed by atoms with E-state index in [9.17, 15) is 0 Å². The van der Waals surface area contributed by atoms with Crippen LogP contribution in [0.4, 0.5) is 0 Å². The summed E-state index contributed by atoms with van der Waals surface area (Å²) >= 11 is -0.106. The first-order valence-corrected chi connectivity index (χ1v) is 19.8. The molecular formula is C36H28Cl2P2Pd. The molecule has 0 bridgehead atoms. The maximum absolute atomic E-state index is 4.81. The molecule has 6 aromatic carbocycles. The van der Waals surface area contributed by atoms with Crippen molar-refractivity contribution in [2.75, 3.05) is 0 Å². The number of hydrogen-bond acceptors (Lipinski definition) is 0. The van der Waals surface area contributed by atoms with Crippen LogP contribution in [-0.4, -0.2) is 0 Å². The van der Waals surface area contributed by atoms with Gasteiger partial charge in [-0.25, -0.2) is 0 Å². The molecule has 0 saturated carbocycles. The van der Waals surface area contributed by atoms with Crippen molar-refractivity contribution in [3.63, 3.8) is 0 Å². The Balaban J connectivity index is 0.00000108. The first kappa shape index (κ1) is 29.9. The standard InChI is InChI=1S/C36H28P2.2ClH.Pd/c1-5-17-29(18-6-1)37(30-19-7-2-8-20-30)35-27-15-13-25-33(35)34-26-14-16-28-36(34)38(31-21-9-3-10-22-31)32-23-11-4-12-24-32;;;/h1-28H;2*1H;/q;;;+2/p-2. The Morgan fingerprint density at radius 2 is 0.537 bits per heavy atom. The Kier molecular flexibility index (Phi) is 11.4. The molecule has 0 radical (unpaired) electrons. The van der Waals surface area contributed by atoms with Crippen LogP contribution in [0.1, 0.15) is 0 Å². The summed E-state index contributed by atoms with van der Waals surface area (Å²) in [5.74, 6) is 0. The Morgan fingerprint density at radius 1 is 0.317 bits per heavy atom. The molecule has 206 valence electrons. The zero-order valence-electron chi connectivity index (χ0n) is 22.1. The average molecular weight is 700 g/mol. The predicted octanol–water partition coefficient (Wildman–Crippen LogP) is 8.25. The van der Waals surface area contributed by atoms with E-state index in [-0.39, 0.29) is 15.9 Å². The summed E-state index contributed by atoms with van der Waals surface area (Å²) in [6, 6.07) is 62.0. The molecule has 0 aliphatic heterocycles. The minimum atomic E-state index is -0.723. The zero-order valence-corrected chi connectivity index (χ0v) is 27.0. The Hall–Kier alpha value is -2.58. The fourth-order valence-electron chi connectivity index (χ4n) is 4.96. The number of rotatable bonds is 7. The van der Waals surface area contributed by atoms with Crippen LogP contribution in [0, 0.1) is 0 Å². The number of benzene rings is 6. The fraction of sp³-hybridized carbons (Fsp3) is 0. The molecule has 0 unspecified atom stereocenters. The van der Waals surface area contributed by atoms with Gasteiger partial charge in [-0.2, -0.15) is 0 Å². The maximum Gasteiger partial charge on any atom is -0.00724 e. The smallest absolute Gasteiger partial charge is 0.00724 e. The molecule has 41 heavy (non-hydrogen) atoms. The van der Waals surface area contributed by atoms with Crippen LogP contribution in [-0.2, 0) is 15.9 Å². The summed E-state index contributed by atoms with van der Waals surface area (Å²) in [7, 11) is 8.18. The number of hydrogen-bond donors (Lipinski definition) is 0. The molecular weight excluding hydrogens is 672 g/mol. The third kappa shape index (κ3) is 7.44. The fourth-order valence-corrected chi connectivity index (χ4v) is 9.89. The number of halogens is 2. The van der Waals surface area contributed by atoms with Gasteiger partial charge in [-0.3, -0.25) is 0 Å². The minimum absolute atomic E-state index is 0.106. The van der Waals surface area contributed by atoms with Crippen molar-refractivity contribution < 1.29 is 15.9 Å². The second kappa shape index (κ2) is 15.6. The van der Waals surface area contributed by atoms with Crippen molar-refractivity contribution >= 4 is 66.7 Å². The van der Waals surface area contributed by atoms with Gasteiger partial charge in [-0.1, -0.05) is 170 Å². The zero-order chi connectivity index (χ0) is 28.3. The van der Waals surface area contributed by atoms with Crippen molar-refractivity contribution in [2.45, 2.75) is 0 Å². The van der Waals surface area contributed by atoms with E-state index in [0.29, 0.717) is 0 Å². The summed E-state index contributed by atoms with van der Waals surface area (Å²) in [6.45, 7) is 0. The molecule has 0 spiro atoms. The van der Waals surface area contributed by atoms with E-state index in [1.165, 1.54) is 43.0 Å². The van der Waals surface area contributed by atoms with Crippen LogP contribution in [0.2, 0.25) is 0 Å². The van der Waals surface area contributed by atoms with E-state index in [1.807, 2.05) is 0 Å². The van der Waals surface area contributed by atoms with Crippen molar-refractivity contribution in [3.05, 3.63) is 170 Å². The van der Waals surface area contributed by atoms with Gasteiger partial charge in [-0.15, -0.1) is 0 Å². The molecule has 0 nitrogen and oxygen atoms in total. The van der Waals surface area contributed by atoms with Crippen LogP contribution in [0.25, 0.3) is 11.1 Å². The molecule has 0 aliphatic carbocycles. The first-order chi connectivity index (χ1) is 20.3. The summed E-state index contributed by atoms with van der Waals surface area (Å²) < 4.78 is 0. The third-order valence-corrected chi connectivity index (χ3v) is 11.6. The van der Waals surface area contributed by atoms with E-state index in [0.717, 1.165) is 0 Å². The molecule has 0 saturated heterocycles. The van der Waals surface area contributed by atoms with Crippen molar-refractivity contribution in [1.29, 1.82) is 0 Å². The topological polar surface area (TPSA) is 0 Å². The SMILES string of the molecule is [Cl][Pd][Cl].c1ccc(P(c2ccccc2)c2ccccc2-c2ccccc2P(c2ccccc2)c2ccccc2)cc1. The van der Waals surface area contributed by atoms with Gasteiger partial charge in [0.15, 0.2) is 0 Å². The third-order valence-electron chi connectivity index (χ3n) is 6.64. The maximum atomic E-state index is 4.81. The molecule has 0 atom stereocenters. The van der Waals surface area contributed by atoms with Crippen molar-refractivity contribution in [1.82, 2.24) is 0 Å². The Bertz CT molecular complexity index is 1430. The van der Waals surface area contributed by atoms with Crippen LogP contribution >= 0.6 is 34.9 Å². The van der Waals surface area contributed by atoms with Gasteiger partial charge < -0.3 is 0 Å². The van der Waals surface area contributed by atoms with Crippen LogP contribution in [0.3, 0.4) is 0 Å². The first-order valence-electron chi connectivity index (χ1n) is 13.1. The molecule has 0 aromatic heterocycles. The average Bonchev–Trinajstić information content (AvgIpc) is 3.04. The summed E-state index contributed by atoms with van der Waals surface area (Å²) in [6.07, 6.45) is 0. The normalized spacial score (nSPS) is 10.8. The van der Waals surface area contributed by atoms with Gasteiger partial charge in [0, 0.05) is 0 Å². The van der Waals surface area contributed by atoms with Crippen LogP contribution in [0.15, 0.2) is 170 Å². The summed E-state index contributed by atoms with van der Waals surface area (Å²) in [5.41, 5.74) is 2.64. The van der Waals surface area contributed by atoms with Crippen molar-refractivity contribution in [2.24, 2.45) is 0 Å². The summed E-state index contributed by atoms with van der Waals surface area (Å²) in [4.78, 5) is 0. The van der Waals surface area contributed by atoms with Crippen molar-refractivity contribution in [3.8, 4) is 11.1 Å².